The van der Waals surface area contributed by atoms with Gasteiger partial charge in [-0.2, -0.15) is 0 Å². The van der Waals surface area contributed by atoms with Crippen LogP contribution in [-0.4, -0.2) is 28.3 Å². The Bertz CT molecular complexity index is 124. The second kappa shape index (κ2) is 3.53. The number of carboxylic acids is 1. The fraction of sp³-hybridized carbons (Fsp3) is 0.833. The first-order chi connectivity index (χ1) is 4.46. The van der Waals surface area contributed by atoms with E-state index in [-0.39, 0.29) is 0 Å². The first-order valence-electron chi connectivity index (χ1n) is 3.13. The molecule has 0 heterocycles. The first kappa shape index (κ1) is 9.39. The summed E-state index contributed by atoms with van der Waals surface area (Å²) in [6.07, 6.45) is -0.675. The second-order valence-corrected chi connectivity index (χ2v) is 2.46. The monoisotopic (exact) mass is 147 g/mol. The molecular weight excluding hydrogens is 134 g/mol. The summed E-state index contributed by atoms with van der Waals surface area (Å²) in [6, 6.07) is -0.972. The van der Waals surface area contributed by atoms with E-state index in [1.165, 1.54) is 6.92 Å². The van der Waals surface area contributed by atoms with E-state index in [1.807, 2.05) is 0 Å². The maximum atomic E-state index is 10.2. The molecule has 4 heteroatoms. The van der Waals surface area contributed by atoms with Crippen LogP contribution in [0, 0.1) is 5.92 Å². The number of aliphatic hydroxyl groups excluding tert-OH is 1. The minimum atomic E-state index is -1.08. The summed E-state index contributed by atoms with van der Waals surface area (Å²) in [5.41, 5.74) is 5.20. The van der Waals surface area contributed by atoms with Gasteiger partial charge in [-0.1, -0.05) is 6.92 Å². The zero-order valence-corrected chi connectivity index (χ0v) is 6.11. The lowest BCUT2D eigenvalue weighted by atomic mass is 9.98. The molecule has 10 heavy (non-hydrogen) atoms. The number of carboxylic acid groups (broad SMARTS) is 1. The summed E-state index contributed by atoms with van der Waals surface area (Å²) in [5.74, 6) is -1.48. The molecule has 1 unspecified atom stereocenters. The highest BCUT2D eigenvalue weighted by atomic mass is 16.4. The third-order valence-corrected chi connectivity index (χ3v) is 1.61. The maximum Gasteiger partial charge on any atom is 0.320 e. The smallest absolute Gasteiger partial charge is 0.320 e. The summed E-state index contributed by atoms with van der Waals surface area (Å²) in [7, 11) is 0. The Morgan fingerprint density at radius 3 is 2.00 bits per heavy atom. The van der Waals surface area contributed by atoms with Gasteiger partial charge in [0.2, 0.25) is 0 Å². The van der Waals surface area contributed by atoms with Crippen molar-refractivity contribution in [1.29, 1.82) is 0 Å². The Hall–Kier alpha value is -0.610. The van der Waals surface area contributed by atoms with Crippen LogP contribution >= 0.6 is 0 Å². The van der Waals surface area contributed by atoms with Crippen LogP contribution in [0.1, 0.15) is 13.8 Å². The summed E-state index contributed by atoms with van der Waals surface area (Å²) in [4.78, 5) is 10.2. The maximum absolute atomic E-state index is 10.2. The van der Waals surface area contributed by atoms with Crippen molar-refractivity contribution in [3.05, 3.63) is 0 Å². The highest BCUT2D eigenvalue weighted by Crippen LogP contribution is 2.05. The molecule has 0 spiro atoms. The molecule has 0 aliphatic rings. The van der Waals surface area contributed by atoms with Crippen molar-refractivity contribution in [3.63, 3.8) is 0 Å². The number of carbonyl (C=O) groups is 1. The molecule has 4 N–H and O–H groups in total. The lowest BCUT2D eigenvalue weighted by molar-refractivity contribution is -0.140. The molecule has 0 aromatic carbocycles. The summed E-state index contributed by atoms with van der Waals surface area (Å²) in [5, 5.41) is 17.3. The topological polar surface area (TPSA) is 83.5 Å². The van der Waals surface area contributed by atoms with Crippen molar-refractivity contribution < 1.29 is 15.0 Å². The van der Waals surface area contributed by atoms with E-state index in [1.54, 1.807) is 6.92 Å². The summed E-state index contributed by atoms with van der Waals surface area (Å²) in [6.45, 7) is 3.12. The van der Waals surface area contributed by atoms with Gasteiger partial charge in [0.15, 0.2) is 0 Å². The standard InChI is InChI=1S/C6H13NO3/c1-3(4(2)8)5(7)6(9)10/h3-5,8H,7H2,1-2H3,(H,9,10)/t3-,4?,5-/m1/s1. The van der Waals surface area contributed by atoms with Crippen molar-refractivity contribution >= 4 is 5.97 Å². The van der Waals surface area contributed by atoms with Gasteiger partial charge in [0.25, 0.3) is 0 Å². The van der Waals surface area contributed by atoms with Gasteiger partial charge in [-0.25, -0.2) is 0 Å². The Labute approximate surface area is 59.7 Å². The average molecular weight is 147 g/mol. The molecule has 4 nitrogen and oxygen atoms in total. The Morgan fingerprint density at radius 2 is 1.90 bits per heavy atom. The SMILES string of the molecule is CC(O)[C@@H](C)[C@@H](N)C(=O)O. The van der Waals surface area contributed by atoms with Crippen LogP contribution in [0.15, 0.2) is 0 Å². The molecule has 0 fully saturated rings. The number of aliphatic hydroxyl groups is 1. The summed E-state index contributed by atoms with van der Waals surface area (Å²) >= 11 is 0. The molecule has 60 valence electrons. The van der Waals surface area contributed by atoms with Crippen molar-refractivity contribution in [2.24, 2.45) is 11.7 Å². The predicted octanol–water partition coefficient (Wildman–Crippen LogP) is -0.585. The molecule has 0 amide bonds. The molecule has 0 rings (SSSR count). The Balaban J connectivity index is 3.94. The van der Waals surface area contributed by atoms with Crippen molar-refractivity contribution in [1.82, 2.24) is 0 Å². The van der Waals surface area contributed by atoms with Gasteiger partial charge >= 0.3 is 5.97 Å². The van der Waals surface area contributed by atoms with Crippen molar-refractivity contribution in [2.75, 3.05) is 0 Å². The predicted molar refractivity (Wildman–Crippen MR) is 36.5 cm³/mol. The molecule has 0 saturated carbocycles. The molecule has 0 aromatic rings. The molecule has 0 radical (unpaired) electrons. The minimum absolute atomic E-state index is 0.405. The lowest BCUT2D eigenvalue weighted by Crippen LogP contribution is -2.41. The normalized spacial score (nSPS) is 19.6. The quantitative estimate of drug-likeness (QED) is 0.498. The Kier molecular flexibility index (Phi) is 3.32. The van der Waals surface area contributed by atoms with Crippen LogP contribution in [0.3, 0.4) is 0 Å². The van der Waals surface area contributed by atoms with E-state index in [4.69, 9.17) is 15.9 Å². The zero-order chi connectivity index (χ0) is 8.31. The number of aliphatic carboxylic acids is 1. The molecular formula is C6H13NO3. The van der Waals surface area contributed by atoms with Gasteiger partial charge in [-0.05, 0) is 6.92 Å². The van der Waals surface area contributed by atoms with E-state index < -0.39 is 24.0 Å². The van der Waals surface area contributed by atoms with Crippen LogP contribution in [0.25, 0.3) is 0 Å². The molecule has 0 aliphatic carbocycles. The van der Waals surface area contributed by atoms with Crippen LogP contribution in [0.2, 0.25) is 0 Å². The molecule has 0 bridgehead atoms. The number of nitrogens with two attached hydrogens (primary N) is 1. The minimum Gasteiger partial charge on any atom is -0.480 e. The number of rotatable bonds is 3. The van der Waals surface area contributed by atoms with Crippen molar-refractivity contribution in [3.8, 4) is 0 Å². The highest BCUT2D eigenvalue weighted by molar-refractivity contribution is 5.73. The van der Waals surface area contributed by atoms with Crippen LogP contribution in [-0.2, 0) is 4.79 Å². The van der Waals surface area contributed by atoms with Crippen LogP contribution in [0.4, 0.5) is 0 Å². The van der Waals surface area contributed by atoms with Crippen LogP contribution < -0.4 is 5.73 Å². The number of hydrogen-bond acceptors (Lipinski definition) is 3. The zero-order valence-electron chi connectivity index (χ0n) is 6.11. The first-order valence-corrected chi connectivity index (χ1v) is 3.13. The fourth-order valence-corrected chi connectivity index (χ4v) is 0.525. The molecule has 0 aliphatic heterocycles. The van der Waals surface area contributed by atoms with E-state index in [0.29, 0.717) is 0 Å². The Morgan fingerprint density at radius 1 is 1.50 bits per heavy atom. The van der Waals surface area contributed by atoms with Crippen molar-refractivity contribution in [2.45, 2.75) is 26.0 Å². The van der Waals surface area contributed by atoms with Gasteiger partial charge in [0.05, 0.1) is 6.10 Å². The largest absolute Gasteiger partial charge is 0.480 e. The third-order valence-electron chi connectivity index (χ3n) is 1.61. The van der Waals surface area contributed by atoms with Gasteiger partial charge < -0.3 is 15.9 Å². The van der Waals surface area contributed by atoms with Gasteiger partial charge in [-0.3, -0.25) is 4.79 Å². The molecule has 0 aromatic heterocycles. The van der Waals surface area contributed by atoms with Gasteiger partial charge in [0, 0.05) is 5.92 Å². The second-order valence-electron chi connectivity index (χ2n) is 2.46. The molecule has 3 atom stereocenters. The van der Waals surface area contributed by atoms with E-state index >= 15 is 0 Å². The molecule has 0 saturated heterocycles. The van der Waals surface area contributed by atoms with Gasteiger partial charge in [0.1, 0.15) is 6.04 Å². The van der Waals surface area contributed by atoms with E-state index in [0.717, 1.165) is 0 Å². The summed E-state index contributed by atoms with van der Waals surface area (Å²) < 4.78 is 0. The van der Waals surface area contributed by atoms with E-state index in [9.17, 15) is 4.79 Å². The highest BCUT2D eigenvalue weighted by Gasteiger charge is 2.23. The van der Waals surface area contributed by atoms with E-state index in [2.05, 4.69) is 0 Å². The lowest BCUT2D eigenvalue weighted by Gasteiger charge is -2.17. The van der Waals surface area contributed by atoms with Crippen LogP contribution in [0.5, 0.6) is 0 Å². The number of hydrogen-bond donors (Lipinski definition) is 3. The fourth-order valence-electron chi connectivity index (χ4n) is 0.525. The average Bonchev–Trinajstić information content (AvgIpc) is 1.84. The third kappa shape index (κ3) is 2.33. The van der Waals surface area contributed by atoms with Gasteiger partial charge in [-0.15, -0.1) is 0 Å².